The molecule has 0 heterocycles. The fourth-order valence-electron chi connectivity index (χ4n) is 12.9. The van der Waals surface area contributed by atoms with Crippen molar-refractivity contribution in [2.75, 3.05) is 241 Å². The van der Waals surface area contributed by atoms with Crippen LogP contribution < -0.4 is 50.5 Å². The number of aliphatic carboxylic acids is 4. The number of hydrogen-bond donors (Lipinski definition) is 8. The molecule has 8 unspecified atom stereocenters. The van der Waals surface area contributed by atoms with Crippen molar-refractivity contribution >= 4 is 136 Å². The average molecular weight is 2270 g/mol. The Balaban J connectivity index is 0.000000469. The zero-order chi connectivity index (χ0) is 109. The lowest BCUT2D eigenvalue weighted by Crippen LogP contribution is -2.41. The van der Waals surface area contributed by atoms with Gasteiger partial charge in [0.1, 0.15) is 123 Å². The molecule has 6 aromatic rings. The van der Waals surface area contributed by atoms with Crippen molar-refractivity contribution in [3.63, 3.8) is 0 Å². The van der Waals surface area contributed by atoms with E-state index in [1.165, 1.54) is 109 Å². The van der Waals surface area contributed by atoms with Crippen molar-refractivity contribution in [1.82, 2.24) is 10.6 Å². The van der Waals surface area contributed by atoms with Gasteiger partial charge < -0.3 is 128 Å². The van der Waals surface area contributed by atoms with Crippen molar-refractivity contribution in [1.29, 1.82) is 0 Å². The molecule has 38 nitrogen and oxygen atoms in total. The minimum Gasteiger partial charge on any atom is -0.491 e. The quantitative estimate of drug-likeness (QED) is 0.0164. The summed E-state index contributed by atoms with van der Waals surface area (Å²) in [6.07, 6.45) is 2.94. The molecule has 6 aromatic carbocycles. The van der Waals surface area contributed by atoms with E-state index in [1.54, 1.807) is 97.1 Å². The Bertz CT molecular complexity index is 4640. The Hall–Kier alpha value is -7.67. The number of carbonyl (C=O) groups is 6. The van der Waals surface area contributed by atoms with Crippen molar-refractivity contribution in [3.05, 3.63) is 146 Å². The maximum atomic E-state index is 13.4. The fourth-order valence-corrected chi connectivity index (χ4v) is 21.3. The monoisotopic (exact) mass is 2270 g/mol. The molecule has 8 atom stereocenters. The summed E-state index contributed by atoms with van der Waals surface area (Å²) in [5.41, 5.74) is 11.0. The Morgan fingerprint density at radius 2 is 0.456 bits per heavy atom. The topological polar surface area (TPSA) is 528 Å². The molecule has 0 saturated carbocycles. The SMILES string of the molecule is CCOC(COCCCSCC(=O)O)COc1ccc(S(=O)(=O)c2ccc(OCC(COCCCSCC(=O)O)OCC)cc2)cc1.CCOC(COCCCSCC(NC(C)=O)C(=O)O)COc1ccc(S(=O)(=O)c2ccc(OCC(COCCCSCC(NC(C)=O)C(=O)O)OCC)cc2)cc1.CCOC(COCCCSCCN)COc1ccc(S(=O)(=O)c2ccc(OCC(COCCCSCCN)OCC)cc2)cc1. The Morgan fingerprint density at radius 3 is 0.617 bits per heavy atom. The zero-order valence-corrected chi connectivity index (χ0v) is 93.8. The third-order valence-electron chi connectivity index (χ3n) is 20.0. The molecule has 0 saturated heterocycles. The van der Waals surface area contributed by atoms with Gasteiger partial charge in [-0.05, 0) is 260 Å². The molecular formula is C102H154N4O34S9. The molecule has 0 aliphatic rings. The van der Waals surface area contributed by atoms with Crippen molar-refractivity contribution in [2.24, 2.45) is 11.5 Å². The average Bonchev–Trinajstić information content (AvgIpc) is 0.809. The van der Waals surface area contributed by atoms with E-state index in [9.17, 15) is 64.2 Å². The first kappa shape index (κ1) is 134. The van der Waals surface area contributed by atoms with E-state index in [2.05, 4.69) is 10.6 Å². The summed E-state index contributed by atoms with van der Waals surface area (Å²) in [5, 5.41) is 40.5. The third-order valence-corrected chi connectivity index (χ3v) is 31.9. The van der Waals surface area contributed by atoms with Crippen molar-refractivity contribution < 1.29 is 160 Å². The van der Waals surface area contributed by atoms with Gasteiger partial charge in [0.15, 0.2) is 0 Å². The van der Waals surface area contributed by atoms with Gasteiger partial charge in [-0.2, -0.15) is 70.6 Å². The molecule has 47 heteroatoms. The Labute approximate surface area is 903 Å². The van der Waals surface area contributed by atoms with Crippen LogP contribution >= 0.6 is 70.6 Å². The maximum Gasteiger partial charge on any atom is 0.327 e. The van der Waals surface area contributed by atoms with Gasteiger partial charge in [-0.1, -0.05) is 0 Å². The maximum absolute atomic E-state index is 13.4. The summed E-state index contributed by atoms with van der Waals surface area (Å²) in [6, 6.07) is 35.5. The second-order valence-corrected chi connectivity index (χ2v) is 45.1. The van der Waals surface area contributed by atoms with Crippen LogP contribution in [0.15, 0.2) is 175 Å². The molecule has 840 valence electrons. The molecule has 0 fully saturated rings. The van der Waals surface area contributed by atoms with E-state index in [4.69, 9.17) is 107 Å². The minimum absolute atomic E-state index is 0.0753. The number of rotatable bonds is 88. The second-order valence-electron chi connectivity index (χ2n) is 32.3. The van der Waals surface area contributed by atoms with Crippen LogP contribution in [0.25, 0.3) is 0 Å². The number of carboxylic acids is 4. The van der Waals surface area contributed by atoms with Crippen LogP contribution in [-0.4, -0.2) is 371 Å². The molecule has 0 bridgehead atoms. The van der Waals surface area contributed by atoms with Crippen LogP contribution in [0.5, 0.6) is 34.5 Å². The van der Waals surface area contributed by atoms with Gasteiger partial charge in [0.25, 0.3) is 0 Å². The number of nitrogens with one attached hydrogen (secondary N) is 2. The molecule has 149 heavy (non-hydrogen) atoms. The van der Waals surface area contributed by atoms with Gasteiger partial charge in [0, 0.05) is 129 Å². The number of benzene rings is 6. The van der Waals surface area contributed by atoms with Crippen LogP contribution in [0.1, 0.15) is 93.9 Å². The van der Waals surface area contributed by atoms with E-state index in [0.717, 1.165) is 48.7 Å². The number of carboxylic acid groups (broad SMARTS) is 4. The number of sulfone groups is 3. The molecule has 0 radical (unpaired) electrons. The largest absolute Gasteiger partial charge is 0.491 e. The predicted molar refractivity (Wildman–Crippen MR) is 581 cm³/mol. The van der Waals surface area contributed by atoms with Crippen molar-refractivity contribution in [2.45, 2.75) is 172 Å². The summed E-state index contributed by atoms with van der Waals surface area (Å²) in [4.78, 5) is 66.7. The third kappa shape index (κ3) is 60.7. The number of amides is 2. The summed E-state index contributed by atoms with van der Waals surface area (Å²) in [7, 11) is -11.3. The molecular weight excluding hydrogens is 2110 g/mol. The smallest absolute Gasteiger partial charge is 0.327 e. The lowest BCUT2D eigenvalue weighted by atomic mass is 10.3. The number of hydrogen-bond acceptors (Lipinski definition) is 38. The van der Waals surface area contributed by atoms with E-state index in [1.807, 2.05) is 65.1 Å². The predicted octanol–water partition coefficient (Wildman–Crippen LogP) is 12.4. The molecule has 0 spiro atoms. The van der Waals surface area contributed by atoms with Gasteiger partial charge >= 0.3 is 23.9 Å². The number of thioether (sulfide) groups is 6. The number of ether oxygens (including phenoxy) is 18. The lowest BCUT2D eigenvalue weighted by molar-refractivity contribution is -0.141. The second kappa shape index (κ2) is 81.9. The van der Waals surface area contributed by atoms with Crippen LogP contribution in [0.4, 0.5) is 0 Å². The molecule has 10 N–H and O–H groups in total. The summed E-state index contributed by atoms with van der Waals surface area (Å²) in [6.45, 7) is 24.8. The van der Waals surface area contributed by atoms with Crippen LogP contribution in [0, 0.1) is 0 Å². The van der Waals surface area contributed by atoms with Crippen LogP contribution in [0.3, 0.4) is 0 Å². The van der Waals surface area contributed by atoms with Gasteiger partial charge in [-0.3, -0.25) is 19.2 Å². The first-order valence-electron chi connectivity index (χ1n) is 49.4. The highest BCUT2D eigenvalue weighted by atomic mass is 32.2. The van der Waals surface area contributed by atoms with E-state index in [-0.39, 0.29) is 129 Å². The molecule has 0 aromatic heterocycles. The summed E-state index contributed by atoms with van der Waals surface area (Å²) in [5.74, 6) is 5.75. The van der Waals surface area contributed by atoms with Gasteiger partial charge in [-0.15, -0.1) is 0 Å². The number of nitrogens with two attached hydrogens (primary N) is 2. The van der Waals surface area contributed by atoms with Crippen molar-refractivity contribution in [3.8, 4) is 34.5 Å². The standard InChI is InChI=1S/C38H56N2O14S3.C32H52N2O8S3.C32H46O12S3/c1-5-51-31(21-49-17-7-19-55-25-35(37(43)44)39-27(3)41)23-53-29-9-13-33(14-10-29)57(47,48)34-15-11-30(12-16-34)54-24-32(52-6-2)22-50-18-8-20-56-26-36(38(45)46)40-28(4)42;1-3-39-29(23-37-17-5-19-43-21-15-33)25-41-27-7-11-31(12-8-27)45(35,36)32-13-9-28(10-14-32)42-26-30(40-4-2)24-38-18-6-20-44-22-16-34;1-3-41-27(19-39-15-5-17-45-23-31(33)34)21-43-25-7-11-29(12-8-25)47(37,38)30-13-9-26(10-14-30)44-22-28(42-4-2)20-40-16-6-18-46-24-32(35)36/h9-16,31-32,35-36H,5-8,17-26H2,1-4H3,(H,39,41)(H,40,42)(H,43,44)(H,45,46);7-14,29-30H,3-6,15-26,33-34H2,1-2H3;7-14,27-28H,3-6,15-24H2,1-2H3,(H,33,34)(H,35,36). The highest BCUT2D eigenvalue weighted by Gasteiger charge is 2.26. The van der Waals surface area contributed by atoms with Gasteiger partial charge in [0.05, 0.1) is 80.5 Å². The van der Waals surface area contributed by atoms with E-state index in [0.29, 0.717) is 202 Å². The Morgan fingerprint density at radius 1 is 0.275 bits per heavy atom. The van der Waals surface area contributed by atoms with E-state index >= 15 is 0 Å². The number of carbonyl (C=O) groups excluding carboxylic acids is 2. The van der Waals surface area contributed by atoms with E-state index < -0.39 is 77.3 Å². The molecule has 0 aliphatic heterocycles. The van der Waals surface area contributed by atoms with Crippen LogP contribution in [0.2, 0.25) is 0 Å². The highest BCUT2D eigenvalue weighted by molar-refractivity contribution is 8.00. The summed E-state index contributed by atoms with van der Waals surface area (Å²) < 4.78 is 183. The Kier molecular flexibility index (Phi) is 73.5. The zero-order valence-electron chi connectivity index (χ0n) is 86.5. The first-order valence-corrected chi connectivity index (χ1v) is 60.8. The molecule has 2 amide bonds. The normalized spacial score (nSPS) is 13.2. The van der Waals surface area contributed by atoms with Gasteiger partial charge in [-0.25, -0.2) is 34.8 Å². The van der Waals surface area contributed by atoms with Gasteiger partial charge in [0.2, 0.25) is 41.3 Å². The highest BCUT2D eigenvalue weighted by Crippen LogP contribution is 2.30. The lowest BCUT2D eigenvalue weighted by Gasteiger charge is -2.18. The minimum atomic E-state index is -3.82. The first-order chi connectivity index (χ1) is 71.8. The summed E-state index contributed by atoms with van der Waals surface area (Å²) >= 11 is 9.16. The molecule has 0 aliphatic carbocycles. The fraction of sp³-hybridized carbons (Fsp3) is 0.588. The molecule has 6 rings (SSSR count). The van der Waals surface area contributed by atoms with Crippen LogP contribution in [-0.2, 0) is 115 Å².